The number of rotatable bonds is 6. The molecule has 0 radical (unpaired) electrons. The van der Waals surface area contributed by atoms with Gasteiger partial charge in [-0.2, -0.15) is 0 Å². The monoisotopic (exact) mass is 312 g/mol. The van der Waals surface area contributed by atoms with Gasteiger partial charge in [-0.15, -0.1) is 0 Å². The van der Waals surface area contributed by atoms with Crippen molar-refractivity contribution in [2.75, 3.05) is 30.9 Å². The Kier molecular flexibility index (Phi) is 5.39. The quantitative estimate of drug-likeness (QED) is 0.704. The van der Waals surface area contributed by atoms with Gasteiger partial charge in [0.15, 0.2) is 0 Å². The van der Waals surface area contributed by atoms with Gasteiger partial charge in [-0.1, -0.05) is 13.8 Å². The van der Waals surface area contributed by atoms with Crippen LogP contribution in [0.5, 0.6) is 0 Å². The molecule has 0 spiro atoms. The smallest absolute Gasteiger partial charge is 0.212 e. The van der Waals surface area contributed by atoms with E-state index < -0.39 is 19.9 Å². The first-order chi connectivity index (χ1) is 8.52. The average molecular weight is 312 g/mol. The third-order valence-corrected chi connectivity index (χ3v) is 6.11. The lowest BCUT2D eigenvalue weighted by Crippen LogP contribution is -2.53. The fourth-order valence-electron chi connectivity index (χ4n) is 2.16. The van der Waals surface area contributed by atoms with Gasteiger partial charge in [0, 0.05) is 18.8 Å². The van der Waals surface area contributed by atoms with Crippen molar-refractivity contribution in [3.8, 4) is 0 Å². The molecule has 0 bridgehead atoms. The molecule has 19 heavy (non-hydrogen) atoms. The maximum Gasteiger partial charge on any atom is 0.212 e. The van der Waals surface area contributed by atoms with E-state index in [-0.39, 0.29) is 23.0 Å². The molecule has 0 aliphatic carbocycles. The molecule has 2 N–H and O–H groups in total. The zero-order valence-electron chi connectivity index (χ0n) is 11.8. The van der Waals surface area contributed by atoms with Crippen LogP contribution in [0.3, 0.4) is 0 Å². The van der Waals surface area contributed by atoms with Crippen molar-refractivity contribution < 1.29 is 16.8 Å². The Morgan fingerprint density at radius 1 is 1.21 bits per heavy atom. The van der Waals surface area contributed by atoms with Gasteiger partial charge >= 0.3 is 0 Å². The second kappa shape index (κ2) is 6.07. The zero-order valence-corrected chi connectivity index (χ0v) is 13.4. The number of piperidine rings is 1. The normalized spacial score (nSPS) is 24.3. The highest BCUT2D eigenvalue weighted by atomic mass is 32.2. The van der Waals surface area contributed by atoms with Crippen molar-refractivity contribution in [2.24, 2.45) is 5.41 Å². The van der Waals surface area contributed by atoms with E-state index in [1.165, 1.54) is 0 Å². The van der Waals surface area contributed by atoms with Crippen molar-refractivity contribution in [3.05, 3.63) is 0 Å². The van der Waals surface area contributed by atoms with Crippen LogP contribution in [0.25, 0.3) is 0 Å². The Morgan fingerprint density at radius 3 is 2.37 bits per heavy atom. The van der Waals surface area contributed by atoms with Gasteiger partial charge < -0.3 is 5.32 Å². The van der Waals surface area contributed by atoms with Crippen LogP contribution in [0.2, 0.25) is 0 Å². The Bertz CT molecular complexity index is 497. The standard InChI is InChI=1S/C11H24N2O4S2/c1-11(2)5-4-6-12-10(11)9-13-19(16,17)8-7-18(3,14)15/h10,12-13H,4-9H2,1-3H3. The van der Waals surface area contributed by atoms with Crippen LogP contribution < -0.4 is 10.0 Å². The van der Waals surface area contributed by atoms with Gasteiger partial charge in [-0.05, 0) is 24.8 Å². The predicted octanol–water partition coefficient (Wildman–Crippen LogP) is -0.271. The molecular formula is C11H24N2O4S2. The van der Waals surface area contributed by atoms with Gasteiger partial charge in [-0.25, -0.2) is 21.6 Å². The Labute approximate surface area is 116 Å². The summed E-state index contributed by atoms with van der Waals surface area (Å²) in [6, 6.07) is 0.0780. The van der Waals surface area contributed by atoms with Crippen molar-refractivity contribution in [1.82, 2.24) is 10.0 Å². The van der Waals surface area contributed by atoms with E-state index in [0.717, 1.165) is 25.6 Å². The molecule has 114 valence electrons. The Morgan fingerprint density at radius 2 is 1.84 bits per heavy atom. The zero-order chi connectivity index (χ0) is 14.7. The number of sulfonamides is 1. The maximum atomic E-state index is 11.7. The lowest BCUT2D eigenvalue weighted by Gasteiger charge is -2.39. The van der Waals surface area contributed by atoms with Gasteiger partial charge in [0.1, 0.15) is 9.84 Å². The van der Waals surface area contributed by atoms with E-state index in [4.69, 9.17) is 0 Å². The molecule has 1 saturated heterocycles. The van der Waals surface area contributed by atoms with E-state index in [1.807, 2.05) is 0 Å². The fraction of sp³-hybridized carbons (Fsp3) is 1.00. The first-order valence-corrected chi connectivity index (χ1v) is 10.1. The van der Waals surface area contributed by atoms with Crippen LogP contribution in [0.1, 0.15) is 26.7 Å². The molecule has 0 aromatic heterocycles. The average Bonchev–Trinajstić information content (AvgIpc) is 2.24. The fourth-order valence-corrected chi connectivity index (χ4v) is 4.82. The molecule has 0 amide bonds. The van der Waals surface area contributed by atoms with Crippen LogP contribution in [-0.2, 0) is 19.9 Å². The van der Waals surface area contributed by atoms with Crippen LogP contribution >= 0.6 is 0 Å². The minimum absolute atomic E-state index is 0.0393. The molecule has 1 aliphatic rings. The summed E-state index contributed by atoms with van der Waals surface area (Å²) in [4.78, 5) is 0. The second-order valence-corrected chi connectivity index (χ2v) is 10.1. The summed E-state index contributed by atoms with van der Waals surface area (Å²) in [5.74, 6) is -0.719. The largest absolute Gasteiger partial charge is 0.312 e. The molecule has 1 heterocycles. The SMILES string of the molecule is CC1(C)CCCNC1CNS(=O)(=O)CCS(C)(=O)=O. The third kappa shape index (κ3) is 6.20. The predicted molar refractivity (Wildman–Crippen MR) is 76.3 cm³/mol. The molecule has 6 nitrogen and oxygen atoms in total. The molecule has 1 atom stereocenters. The van der Waals surface area contributed by atoms with Gasteiger partial charge in [0.2, 0.25) is 10.0 Å². The van der Waals surface area contributed by atoms with E-state index in [1.54, 1.807) is 0 Å². The summed E-state index contributed by atoms with van der Waals surface area (Å²) < 4.78 is 47.9. The highest BCUT2D eigenvalue weighted by Gasteiger charge is 2.32. The first kappa shape index (κ1) is 16.9. The summed E-state index contributed by atoms with van der Waals surface area (Å²) in [6.45, 7) is 5.40. The van der Waals surface area contributed by atoms with Crippen LogP contribution in [0, 0.1) is 5.41 Å². The van der Waals surface area contributed by atoms with E-state index >= 15 is 0 Å². The van der Waals surface area contributed by atoms with Gasteiger partial charge in [0.05, 0.1) is 11.5 Å². The molecule has 1 aliphatic heterocycles. The van der Waals surface area contributed by atoms with E-state index in [2.05, 4.69) is 23.9 Å². The number of nitrogens with one attached hydrogen (secondary N) is 2. The van der Waals surface area contributed by atoms with Crippen LogP contribution in [-0.4, -0.2) is 53.7 Å². The second-order valence-electron chi connectivity index (χ2n) is 5.90. The lowest BCUT2D eigenvalue weighted by atomic mass is 9.78. The van der Waals surface area contributed by atoms with Gasteiger partial charge in [0.25, 0.3) is 0 Å². The van der Waals surface area contributed by atoms with Crippen LogP contribution in [0.15, 0.2) is 0 Å². The molecule has 0 aromatic rings. The molecule has 1 unspecified atom stereocenters. The Balaban J connectivity index is 2.51. The molecule has 0 aromatic carbocycles. The minimum Gasteiger partial charge on any atom is -0.312 e. The van der Waals surface area contributed by atoms with Crippen molar-refractivity contribution in [2.45, 2.75) is 32.7 Å². The van der Waals surface area contributed by atoms with Gasteiger partial charge in [-0.3, -0.25) is 0 Å². The third-order valence-electron chi connectivity index (χ3n) is 3.56. The summed E-state index contributed by atoms with van der Waals surface area (Å²) in [7, 11) is -6.79. The summed E-state index contributed by atoms with van der Waals surface area (Å²) in [6.07, 6.45) is 3.17. The highest BCUT2D eigenvalue weighted by Crippen LogP contribution is 2.29. The van der Waals surface area contributed by atoms with Crippen molar-refractivity contribution in [3.63, 3.8) is 0 Å². The highest BCUT2D eigenvalue weighted by molar-refractivity contribution is 7.93. The molecule has 0 saturated carbocycles. The first-order valence-electron chi connectivity index (χ1n) is 6.40. The number of hydrogen-bond donors (Lipinski definition) is 2. The minimum atomic E-state index is -3.53. The molecule has 1 rings (SSSR count). The number of sulfone groups is 1. The Hall–Kier alpha value is -0.180. The maximum absolute atomic E-state index is 11.7. The van der Waals surface area contributed by atoms with Crippen molar-refractivity contribution >= 4 is 19.9 Å². The summed E-state index contributed by atoms with van der Waals surface area (Å²) >= 11 is 0. The molecule has 8 heteroatoms. The van der Waals surface area contributed by atoms with Crippen molar-refractivity contribution in [1.29, 1.82) is 0 Å². The van der Waals surface area contributed by atoms with Crippen LogP contribution in [0.4, 0.5) is 0 Å². The lowest BCUT2D eigenvalue weighted by molar-refractivity contribution is 0.182. The topological polar surface area (TPSA) is 92.3 Å². The summed E-state index contributed by atoms with van der Waals surface area (Å²) in [5.41, 5.74) is 0.0393. The molecule has 1 fully saturated rings. The summed E-state index contributed by atoms with van der Waals surface area (Å²) in [5, 5.41) is 3.31. The number of hydrogen-bond acceptors (Lipinski definition) is 5. The van der Waals surface area contributed by atoms with E-state index in [0.29, 0.717) is 6.54 Å². The van der Waals surface area contributed by atoms with E-state index in [9.17, 15) is 16.8 Å². The molecular weight excluding hydrogens is 288 g/mol.